The lowest BCUT2D eigenvalue weighted by atomic mass is 9.96. The van der Waals surface area contributed by atoms with Gasteiger partial charge in [0.2, 0.25) is 0 Å². The molecule has 0 aromatic heterocycles. The van der Waals surface area contributed by atoms with E-state index in [1.54, 1.807) is 0 Å². The molecule has 144 valence electrons. The summed E-state index contributed by atoms with van der Waals surface area (Å²) in [6, 6.07) is 18.4. The highest BCUT2D eigenvalue weighted by Gasteiger charge is 2.26. The van der Waals surface area contributed by atoms with Crippen LogP contribution in [0.2, 0.25) is 5.02 Å². The van der Waals surface area contributed by atoms with E-state index in [2.05, 4.69) is 34.1 Å². The standard InChI is InChI=1S/C21H25ClN2O3/c22-19-8-6-18(7-9-19)21(17-4-2-1-3-5-17)24-12-10-23(11-13-24)14-15-27-16-20(25)26/h1-9,21H,10-16H2,(H,25,26)/i16D2. The molecule has 1 N–H and O–H groups in total. The zero-order valence-electron chi connectivity index (χ0n) is 17.1. The summed E-state index contributed by atoms with van der Waals surface area (Å²) >= 11 is 6.07. The lowest BCUT2D eigenvalue weighted by molar-refractivity contribution is -0.142. The molecular formula is C21H25ClN2O3. The van der Waals surface area contributed by atoms with Crippen LogP contribution >= 0.6 is 11.6 Å². The number of carboxylic acids is 1. The van der Waals surface area contributed by atoms with Gasteiger partial charge in [-0.1, -0.05) is 54.1 Å². The van der Waals surface area contributed by atoms with Gasteiger partial charge in [0, 0.05) is 37.7 Å². The molecule has 1 atom stereocenters. The van der Waals surface area contributed by atoms with Gasteiger partial charge in [-0.2, -0.15) is 0 Å². The van der Waals surface area contributed by atoms with Crippen LogP contribution in [0.5, 0.6) is 0 Å². The first-order chi connectivity index (χ1) is 13.9. The summed E-state index contributed by atoms with van der Waals surface area (Å²) in [5, 5.41) is 9.49. The molecule has 6 heteroatoms. The first kappa shape index (κ1) is 17.2. The van der Waals surface area contributed by atoms with Crippen LogP contribution in [0, 0.1) is 0 Å². The smallest absolute Gasteiger partial charge is 0.329 e. The molecule has 0 bridgehead atoms. The molecule has 0 saturated carbocycles. The van der Waals surface area contributed by atoms with Crippen molar-refractivity contribution in [1.82, 2.24) is 9.80 Å². The summed E-state index contributed by atoms with van der Waals surface area (Å²) in [5.41, 5.74) is 2.41. The molecule has 27 heavy (non-hydrogen) atoms. The molecule has 5 nitrogen and oxygen atoms in total. The average Bonchev–Trinajstić information content (AvgIpc) is 2.71. The van der Waals surface area contributed by atoms with Crippen molar-refractivity contribution >= 4 is 17.6 Å². The van der Waals surface area contributed by atoms with Crippen LogP contribution in [0.15, 0.2) is 54.6 Å². The van der Waals surface area contributed by atoms with E-state index in [1.165, 1.54) is 11.1 Å². The zero-order chi connectivity index (χ0) is 20.9. The zero-order valence-corrected chi connectivity index (χ0v) is 15.8. The Balaban J connectivity index is 1.62. The molecular weight excluding hydrogens is 364 g/mol. The highest BCUT2D eigenvalue weighted by molar-refractivity contribution is 6.30. The molecule has 1 aliphatic heterocycles. The van der Waals surface area contributed by atoms with E-state index in [1.807, 2.05) is 30.3 Å². The average molecular weight is 391 g/mol. The number of hydrogen-bond donors (Lipinski definition) is 1. The van der Waals surface area contributed by atoms with Crippen LogP contribution < -0.4 is 0 Å². The van der Waals surface area contributed by atoms with Gasteiger partial charge in [0.1, 0.15) is 6.56 Å². The van der Waals surface area contributed by atoms with Gasteiger partial charge in [-0.15, -0.1) is 0 Å². The maximum absolute atomic E-state index is 10.8. The SMILES string of the molecule is [2H]C([2H])(OCCN1CCN(C(c2ccccc2)c2ccc(Cl)cc2)CC1)C(=O)O. The second-order valence-corrected chi connectivity index (χ2v) is 6.93. The minimum atomic E-state index is -2.64. The number of carboxylic acid groups (broad SMARTS) is 1. The second-order valence-electron chi connectivity index (χ2n) is 6.50. The van der Waals surface area contributed by atoms with Crippen LogP contribution in [0.25, 0.3) is 0 Å². The Kier molecular flexibility index (Phi) is 6.28. The van der Waals surface area contributed by atoms with E-state index in [0.29, 0.717) is 11.6 Å². The second kappa shape index (κ2) is 9.85. The number of piperazine rings is 1. The number of ether oxygens (including phenoxy) is 1. The van der Waals surface area contributed by atoms with Crippen molar-refractivity contribution < 1.29 is 17.4 Å². The predicted octanol–water partition coefficient (Wildman–Crippen LogP) is 3.15. The Morgan fingerprint density at radius 3 is 2.33 bits per heavy atom. The third-order valence-electron chi connectivity index (χ3n) is 4.74. The quantitative estimate of drug-likeness (QED) is 0.750. The summed E-state index contributed by atoms with van der Waals surface area (Å²) in [5.74, 6) is -1.60. The van der Waals surface area contributed by atoms with Crippen molar-refractivity contribution in [2.75, 3.05) is 45.9 Å². The Labute approximate surface area is 167 Å². The van der Waals surface area contributed by atoms with Crippen molar-refractivity contribution in [3.8, 4) is 0 Å². The molecule has 0 amide bonds. The van der Waals surface area contributed by atoms with Gasteiger partial charge >= 0.3 is 5.97 Å². The number of aliphatic carboxylic acids is 1. The molecule has 0 radical (unpaired) electrons. The van der Waals surface area contributed by atoms with Crippen molar-refractivity contribution in [2.45, 2.75) is 6.04 Å². The third kappa shape index (κ3) is 5.78. The minimum Gasteiger partial charge on any atom is -0.480 e. The molecule has 0 spiro atoms. The fourth-order valence-corrected chi connectivity index (χ4v) is 3.55. The number of benzene rings is 2. The molecule has 0 aliphatic carbocycles. The third-order valence-corrected chi connectivity index (χ3v) is 4.99. The van der Waals surface area contributed by atoms with Gasteiger partial charge in [-0.05, 0) is 23.3 Å². The van der Waals surface area contributed by atoms with Crippen LogP contribution in [0.4, 0.5) is 0 Å². The molecule has 1 heterocycles. The summed E-state index contributed by atoms with van der Waals surface area (Å²) in [6.07, 6.45) is 0. The Morgan fingerprint density at radius 1 is 1.07 bits per heavy atom. The number of halogens is 1. The molecule has 1 aliphatic rings. The molecule has 2 aromatic rings. The van der Waals surface area contributed by atoms with Crippen LogP contribution in [-0.4, -0.2) is 66.8 Å². The van der Waals surface area contributed by atoms with Gasteiger partial charge in [0.25, 0.3) is 0 Å². The molecule has 1 unspecified atom stereocenters. The van der Waals surface area contributed by atoms with E-state index in [9.17, 15) is 4.79 Å². The largest absolute Gasteiger partial charge is 0.480 e. The van der Waals surface area contributed by atoms with Crippen molar-refractivity contribution in [1.29, 1.82) is 0 Å². The topological polar surface area (TPSA) is 53.0 Å². The van der Waals surface area contributed by atoms with Gasteiger partial charge < -0.3 is 9.84 Å². The number of hydrogen-bond acceptors (Lipinski definition) is 4. The van der Waals surface area contributed by atoms with E-state index in [0.717, 1.165) is 26.2 Å². The van der Waals surface area contributed by atoms with E-state index >= 15 is 0 Å². The highest BCUT2D eigenvalue weighted by atomic mass is 35.5. The lowest BCUT2D eigenvalue weighted by Crippen LogP contribution is -2.48. The van der Waals surface area contributed by atoms with Gasteiger partial charge in [0.05, 0.1) is 15.4 Å². The Hall–Kier alpha value is -1.92. The fraction of sp³-hybridized carbons (Fsp3) is 0.381. The highest BCUT2D eigenvalue weighted by Crippen LogP contribution is 2.30. The normalized spacial score (nSPS) is 18.6. The predicted molar refractivity (Wildman–Crippen MR) is 106 cm³/mol. The lowest BCUT2D eigenvalue weighted by Gasteiger charge is -2.39. The van der Waals surface area contributed by atoms with Crippen molar-refractivity contribution in [2.24, 2.45) is 0 Å². The fourth-order valence-electron chi connectivity index (χ4n) is 3.43. The molecule has 1 fully saturated rings. The van der Waals surface area contributed by atoms with Gasteiger partial charge in [0.15, 0.2) is 0 Å². The van der Waals surface area contributed by atoms with Crippen LogP contribution in [-0.2, 0) is 9.53 Å². The van der Waals surface area contributed by atoms with Gasteiger partial charge in [-0.25, -0.2) is 4.79 Å². The summed E-state index contributed by atoms with van der Waals surface area (Å²) in [7, 11) is 0. The van der Waals surface area contributed by atoms with E-state index in [4.69, 9.17) is 24.2 Å². The van der Waals surface area contributed by atoms with Crippen LogP contribution in [0.3, 0.4) is 0 Å². The molecule has 3 rings (SSSR count). The van der Waals surface area contributed by atoms with Crippen molar-refractivity contribution in [3.05, 3.63) is 70.7 Å². The number of carbonyl (C=O) groups is 1. The first-order valence-electron chi connectivity index (χ1n) is 10.0. The summed E-state index contributed by atoms with van der Waals surface area (Å²) in [6.45, 7) is 1.18. The first-order valence-corrected chi connectivity index (χ1v) is 9.39. The Morgan fingerprint density at radius 2 is 1.70 bits per heavy atom. The van der Waals surface area contributed by atoms with Crippen LogP contribution in [0.1, 0.15) is 19.9 Å². The van der Waals surface area contributed by atoms with Gasteiger partial charge in [-0.3, -0.25) is 9.80 Å². The maximum atomic E-state index is 10.8. The Bertz CT molecular complexity index is 797. The molecule has 2 aromatic carbocycles. The minimum absolute atomic E-state index is 0.0403. The number of nitrogens with zero attached hydrogens (tertiary/aromatic N) is 2. The van der Waals surface area contributed by atoms with E-state index in [-0.39, 0.29) is 12.6 Å². The summed E-state index contributed by atoms with van der Waals surface area (Å²) < 4.78 is 19.5. The summed E-state index contributed by atoms with van der Waals surface area (Å²) in [4.78, 5) is 15.4. The monoisotopic (exact) mass is 390 g/mol. The number of rotatable bonds is 8. The van der Waals surface area contributed by atoms with E-state index < -0.39 is 12.5 Å². The molecule has 1 saturated heterocycles. The maximum Gasteiger partial charge on any atom is 0.329 e. The van der Waals surface area contributed by atoms with Crippen molar-refractivity contribution in [3.63, 3.8) is 0 Å².